The first-order valence-corrected chi connectivity index (χ1v) is 9.68. The zero-order valence-electron chi connectivity index (χ0n) is 15.5. The minimum absolute atomic E-state index is 0.0199. The predicted octanol–water partition coefficient (Wildman–Crippen LogP) is 3.24. The van der Waals surface area contributed by atoms with Gasteiger partial charge in [-0.3, -0.25) is 14.5 Å². The molecule has 0 aliphatic carbocycles. The van der Waals surface area contributed by atoms with Gasteiger partial charge in [-0.1, -0.05) is 35.9 Å². The summed E-state index contributed by atoms with van der Waals surface area (Å²) in [7, 11) is 0. The Labute approximate surface area is 168 Å². The van der Waals surface area contributed by atoms with E-state index in [0.717, 1.165) is 18.5 Å². The molecule has 1 heterocycles. The highest BCUT2D eigenvalue weighted by Gasteiger charge is 2.23. The Hall–Kier alpha value is -2.44. The molecule has 1 aliphatic rings. The molecule has 0 atom stereocenters. The van der Waals surface area contributed by atoms with Gasteiger partial charge in [0.15, 0.2) is 0 Å². The summed E-state index contributed by atoms with van der Waals surface area (Å²) >= 11 is 5.98. The van der Waals surface area contributed by atoms with Crippen LogP contribution in [-0.4, -0.2) is 42.4 Å². The van der Waals surface area contributed by atoms with E-state index in [1.807, 2.05) is 30.3 Å². The molecule has 148 valence electrons. The van der Waals surface area contributed by atoms with Crippen LogP contribution in [0, 0.1) is 5.82 Å². The monoisotopic (exact) mass is 403 g/mol. The number of anilines is 1. The number of nitrogens with one attached hydrogen (secondary N) is 2. The van der Waals surface area contributed by atoms with Crippen LogP contribution in [0.25, 0.3) is 0 Å². The summed E-state index contributed by atoms with van der Waals surface area (Å²) in [6, 6.07) is 13.8. The van der Waals surface area contributed by atoms with Crippen molar-refractivity contribution in [2.45, 2.75) is 25.3 Å². The van der Waals surface area contributed by atoms with E-state index < -0.39 is 5.82 Å². The molecule has 0 saturated carbocycles. The lowest BCUT2D eigenvalue weighted by atomic mass is 10.0. The van der Waals surface area contributed by atoms with Crippen LogP contribution in [0.15, 0.2) is 48.5 Å². The highest BCUT2D eigenvalue weighted by atomic mass is 35.5. The molecule has 0 radical (unpaired) electrons. The fraction of sp³-hybridized carbons (Fsp3) is 0.333. The van der Waals surface area contributed by atoms with E-state index in [9.17, 15) is 14.0 Å². The molecule has 28 heavy (non-hydrogen) atoms. The molecule has 2 N–H and O–H groups in total. The molecule has 2 aromatic carbocycles. The first-order chi connectivity index (χ1) is 13.5. The number of likely N-dealkylation sites (tertiary alicyclic amines) is 1. The van der Waals surface area contributed by atoms with Crippen molar-refractivity contribution >= 4 is 29.1 Å². The summed E-state index contributed by atoms with van der Waals surface area (Å²) < 4.78 is 13.8. The molecule has 1 aliphatic heterocycles. The lowest BCUT2D eigenvalue weighted by molar-refractivity contribution is -0.122. The quantitative estimate of drug-likeness (QED) is 0.778. The number of rotatable bonds is 6. The Bertz CT molecular complexity index is 803. The van der Waals surface area contributed by atoms with Crippen molar-refractivity contribution in [3.63, 3.8) is 0 Å². The molecule has 5 nitrogen and oxygen atoms in total. The van der Waals surface area contributed by atoms with Crippen molar-refractivity contribution in [3.8, 4) is 0 Å². The number of carbonyl (C=O) groups is 2. The molecular formula is C21H23ClFN3O2. The van der Waals surface area contributed by atoms with Gasteiger partial charge < -0.3 is 10.6 Å². The lowest BCUT2D eigenvalue weighted by Crippen LogP contribution is -2.46. The maximum absolute atomic E-state index is 13.8. The maximum atomic E-state index is 13.8. The lowest BCUT2D eigenvalue weighted by Gasteiger charge is -2.31. The maximum Gasteiger partial charge on any atom is 0.238 e. The van der Waals surface area contributed by atoms with Gasteiger partial charge in [-0.25, -0.2) is 4.39 Å². The van der Waals surface area contributed by atoms with E-state index in [1.54, 1.807) is 6.07 Å². The Morgan fingerprint density at radius 1 is 1.04 bits per heavy atom. The van der Waals surface area contributed by atoms with Crippen molar-refractivity contribution in [1.82, 2.24) is 10.2 Å². The first kappa shape index (κ1) is 20.3. The van der Waals surface area contributed by atoms with Crippen molar-refractivity contribution in [2.75, 3.05) is 25.0 Å². The van der Waals surface area contributed by atoms with Crippen LogP contribution < -0.4 is 10.6 Å². The minimum atomic E-state index is -0.470. The summed E-state index contributed by atoms with van der Waals surface area (Å²) in [5.74, 6) is -0.767. The van der Waals surface area contributed by atoms with Crippen LogP contribution in [0.3, 0.4) is 0 Å². The van der Waals surface area contributed by atoms with Crippen molar-refractivity contribution in [1.29, 1.82) is 0 Å². The normalized spacial score (nSPS) is 15.2. The zero-order valence-corrected chi connectivity index (χ0v) is 16.2. The fourth-order valence-corrected chi connectivity index (χ4v) is 3.53. The molecule has 1 saturated heterocycles. The second-order valence-corrected chi connectivity index (χ2v) is 7.32. The highest BCUT2D eigenvalue weighted by molar-refractivity contribution is 6.31. The SMILES string of the molecule is O=C(CN1CCC(NC(=O)Cc2c(F)cccc2Cl)CC1)Nc1ccccc1. The van der Waals surface area contributed by atoms with Gasteiger partial charge in [-0.15, -0.1) is 0 Å². The molecule has 0 unspecified atom stereocenters. The Morgan fingerprint density at radius 2 is 1.75 bits per heavy atom. The number of hydrogen-bond donors (Lipinski definition) is 2. The second-order valence-electron chi connectivity index (χ2n) is 6.91. The minimum Gasteiger partial charge on any atom is -0.353 e. The fourth-order valence-electron chi connectivity index (χ4n) is 3.30. The van der Waals surface area contributed by atoms with Crippen molar-refractivity contribution < 1.29 is 14.0 Å². The summed E-state index contributed by atoms with van der Waals surface area (Å²) in [5.41, 5.74) is 0.998. The third kappa shape index (κ3) is 5.78. The number of carbonyl (C=O) groups excluding carboxylic acids is 2. The molecule has 0 bridgehead atoms. The molecule has 1 fully saturated rings. The molecule has 2 aromatic rings. The third-order valence-corrected chi connectivity index (χ3v) is 5.13. The third-order valence-electron chi connectivity index (χ3n) is 4.78. The largest absolute Gasteiger partial charge is 0.353 e. The summed E-state index contributed by atoms with van der Waals surface area (Å²) in [4.78, 5) is 26.4. The van der Waals surface area contributed by atoms with Crippen LogP contribution in [0.5, 0.6) is 0 Å². The van der Waals surface area contributed by atoms with Crippen LogP contribution in [-0.2, 0) is 16.0 Å². The second kappa shape index (κ2) is 9.66. The first-order valence-electron chi connectivity index (χ1n) is 9.31. The van der Waals surface area contributed by atoms with Gasteiger partial charge in [0, 0.05) is 35.4 Å². The van der Waals surface area contributed by atoms with E-state index in [1.165, 1.54) is 12.1 Å². The number of benzene rings is 2. The number of halogens is 2. The Morgan fingerprint density at radius 3 is 2.43 bits per heavy atom. The number of piperidine rings is 1. The van der Waals surface area contributed by atoms with Crippen LogP contribution in [0.1, 0.15) is 18.4 Å². The average molecular weight is 404 g/mol. The van der Waals surface area contributed by atoms with Gasteiger partial charge in [0.1, 0.15) is 5.82 Å². The van der Waals surface area contributed by atoms with Crippen molar-refractivity contribution in [2.24, 2.45) is 0 Å². The van der Waals surface area contributed by atoms with E-state index in [0.29, 0.717) is 19.6 Å². The van der Waals surface area contributed by atoms with E-state index >= 15 is 0 Å². The molecule has 0 aromatic heterocycles. The highest BCUT2D eigenvalue weighted by Crippen LogP contribution is 2.20. The predicted molar refractivity (Wildman–Crippen MR) is 108 cm³/mol. The summed E-state index contributed by atoms with van der Waals surface area (Å²) in [6.07, 6.45) is 1.41. The number of nitrogens with zero attached hydrogens (tertiary/aromatic N) is 1. The molecule has 2 amide bonds. The van der Waals surface area contributed by atoms with Crippen molar-refractivity contribution in [3.05, 3.63) is 64.9 Å². The summed E-state index contributed by atoms with van der Waals surface area (Å²) in [6.45, 7) is 1.75. The molecule has 0 spiro atoms. The molecule has 7 heteroatoms. The van der Waals surface area contributed by atoms with Crippen LogP contribution in [0.2, 0.25) is 5.02 Å². The van der Waals surface area contributed by atoms with E-state index in [4.69, 9.17) is 11.6 Å². The van der Waals surface area contributed by atoms with Gasteiger partial charge in [0.2, 0.25) is 11.8 Å². The van der Waals surface area contributed by atoms with Crippen LogP contribution in [0.4, 0.5) is 10.1 Å². The summed E-state index contributed by atoms with van der Waals surface area (Å²) in [5, 5.41) is 6.07. The Balaban J connectivity index is 1.41. The van der Waals surface area contributed by atoms with Crippen LogP contribution >= 0.6 is 11.6 Å². The smallest absolute Gasteiger partial charge is 0.238 e. The van der Waals surface area contributed by atoms with E-state index in [-0.39, 0.29) is 34.9 Å². The number of para-hydroxylation sites is 1. The van der Waals surface area contributed by atoms with Gasteiger partial charge in [0.05, 0.1) is 13.0 Å². The molecule has 3 rings (SSSR count). The average Bonchev–Trinajstić information content (AvgIpc) is 2.67. The van der Waals surface area contributed by atoms with Gasteiger partial charge in [0.25, 0.3) is 0 Å². The van der Waals surface area contributed by atoms with Gasteiger partial charge in [-0.05, 0) is 37.1 Å². The molecular weight excluding hydrogens is 381 g/mol. The van der Waals surface area contributed by atoms with Gasteiger partial charge >= 0.3 is 0 Å². The standard InChI is InChI=1S/C21H23ClFN3O2/c22-18-7-4-8-19(23)17(18)13-20(27)24-16-9-11-26(12-10-16)14-21(28)25-15-5-2-1-3-6-15/h1-8,16H,9-14H2,(H,24,27)(H,25,28). The zero-order chi connectivity index (χ0) is 19.9. The number of hydrogen-bond acceptors (Lipinski definition) is 3. The Kier molecular flexibility index (Phi) is 7.01. The topological polar surface area (TPSA) is 61.4 Å². The van der Waals surface area contributed by atoms with Gasteiger partial charge in [-0.2, -0.15) is 0 Å². The van der Waals surface area contributed by atoms with E-state index in [2.05, 4.69) is 15.5 Å². The number of amides is 2.